The minimum atomic E-state index is 0.0686. The molecule has 3 heteroatoms. The first-order valence-corrected chi connectivity index (χ1v) is 4.68. The van der Waals surface area contributed by atoms with E-state index in [1.165, 1.54) is 19.3 Å². The molecule has 0 bridgehead atoms. The van der Waals surface area contributed by atoms with Crippen molar-refractivity contribution in [2.75, 3.05) is 26.6 Å². The highest BCUT2D eigenvalue weighted by atomic mass is 16.7. The van der Waals surface area contributed by atoms with Gasteiger partial charge in [-0.15, -0.1) is 0 Å². The second kappa shape index (κ2) is 10.9. The van der Waals surface area contributed by atoms with E-state index in [9.17, 15) is 0 Å². The van der Waals surface area contributed by atoms with Crippen LogP contribution in [0.2, 0.25) is 0 Å². The number of hydrogen-bond acceptors (Lipinski definition) is 3. The Morgan fingerprint density at radius 2 is 1.75 bits per heavy atom. The summed E-state index contributed by atoms with van der Waals surface area (Å²) >= 11 is 0. The van der Waals surface area contributed by atoms with Gasteiger partial charge in [0.1, 0.15) is 6.79 Å². The Morgan fingerprint density at radius 3 is 2.42 bits per heavy atom. The molecule has 0 aromatic heterocycles. The van der Waals surface area contributed by atoms with E-state index in [4.69, 9.17) is 14.6 Å². The van der Waals surface area contributed by atoms with Crippen LogP contribution in [0.25, 0.3) is 0 Å². The van der Waals surface area contributed by atoms with E-state index in [1.54, 1.807) is 0 Å². The van der Waals surface area contributed by atoms with Crippen LogP contribution in [0.5, 0.6) is 0 Å². The van der Waals surface area contributed by atoms with E-state index in [0.717, 1.165) is 13.0 Å². The van der Waals surface area contributed by atoms with Crippen molar-refractivity contribution in [3.05, 3.63) is 0 Å². The van der Waals surface area contributed by atoms with Gasteiger partial charge in [0.25, 0.3) is 0 Å². The van der Waals surface area contributed by atoms with E-state index in [0.29, 0.717) is 13.4 Å². The van der Waals surface area contributed by atoms with Gasteiger partial charge in [-0.3, -0.25) is 0 Å². The lowest BCUT2D eigenvalue weighted by molar-refractivity contribution is -0.0630. The molecule has 0 aliphatic heterocycles. The van der Waals surface area contributed by atoms with Gasteiger partial charge in [0, 0.05) is 6.61 Å². The first kappa shape index (κ1) is 11.9. The average molecular weight is 176 g/mol. The zero-order chi connectivity index (χ0) is 9.07. The fraction of sp³-hybridized carbons (Fsp3) is 1.00. The van der Waals surface area contributed by atoms with Crippen LogP contribution in [0.1, 0.15) is 32.6 Å². The number of ether oxygens (including phenoxy) is 2. The maximum Gasteiger partial charge on any atom is 0.146 e. The third kappa shape index (κ3) is 9.88. The van der Waals surface area contributed by atoms with Crippen molar-refractivity contribution >= 4 is 0 Å². The van der Waals surface area contributed by atoms with E-state index >= 15 is 0 Å². The third-order valence-corrected chi connectivity index (χ3v) is 1.54. The minimum absolute atomic E-state index is 0.0686. The van der Waals surface area contributed by atoms with Crippen LogP contribution in [0.15, 0.2) is 0 Å². The van der Waals surface area contributed by atoms with Crippen molar-refractivity contribution in [3.63, 3.8) is 0 Å². The molecule has 12 heavy (non-hydrogen) atoms. The molecule has 0 aromatic carbocycles. The molecule has 74 valence electrons. The molecule has 0 aromatic rings. The predicted molar refractivity (Wildman–Crippen MR) is 48.0 cm³/mol. The van der Waals surface area contributed by atoms with Crippen LogP contribution in [-0.2, 0) is 9.47 Å². The van der Waals surface area contributed by atoms with Crippen molar-refractivity contribution in [1.29, 1.82) is 0 Å². The second-order valence-corrected chi connectivity index (χ2v) is 2.72. The highest BCUT2D eigenvalue weighted by Gasteiger charge is 1.89. The summed E-state index contributed by atoms with van der Waals surface area (Å²) in [5, 5.41) is 8.36. The van der Waals surface area contributed by atoms with Gasteiger partial charge in [0.15, 0.2) is 0 Å². The van der Waals surface area contributed by atoms with Gasteiger partial charge in [-0.2, -0.15) is 0 Å². The molecule has 0 fully saturated rings. The Kier molecular flexibility index (Phi) is 10.8. The first-order valence-electron chi connectivity index (χ1n) is 4.68. The second-order valence-electron chi connectivity index (χ2n) is 2.72. The predicted octanol–water partition coefficient (Wildman–Crippen LogP) is 1.55. The maximum atomic E-state index is 8.36. The van der Waals surface area contributed by atoms with Crippen LogP contribution in [0, 0.1) is 0 Å². The molecule has 0 saturated heterocycles. The number of aliphatic hydroxyl groups is 1. The van der Waals surface area contributed by atoms with Gasteiger partial charge in [-0.25, -0.2) is 0 Å². The topological polar surface area (TPSA) is 38.7 Å². The molecule has 0 aliphatic carbocycles. The van der Waals surface area contributed by atoms with Crippen molar-refractivity contribution < 1.29 is 14.6 Å². The van der Waals surface area contributed by atoms with Gasteiger partial charge in [-0.1, -0.05) is 26.2 Å². The molecule has 1 N–H and O–H groups in total. The summed E-state index contributed by atoms with van der Waals surface area (Å²) in [6.45, 7) is 3.71. The molecular weight excluding hydrogens is 156 g/mol. The molecule has 3 nitrogen and oxygen atoms in total. The lowest BCUT2D eigenvalue weighted by atomic mass is 10.2. The van der Waals surface area contributed by atoms with Gasteiger partial charge >= 0.3 is 0 Å². The van der Waals surface area contributed by atoms with E-state index < -0.39 is 0 Å². The quantitative estimate of drug-likeness (QED) is 0.428. The van der Waals surface area contributed by atoms with Gasteiger partial charge < -0.3 is 14.6 Å². The Hall–Kier alpha value is -0.120. The molecule has 0 rings (SSSR count). The summed E-state index contributed by atoms with van der Waals surface area (Å²) in [5.41, 5.74) is 0. The Balaban J connectivity index is 2.73. The monoisotopic (exact) mass is 176 g/mol. The number of unbranched alkanes of at least 4 members (excludes halogenated alkanes) is 3. The van der Waals surface area contributed by atoms with Crippen LogP contribution in [-0.4, -0.2) is 31.7 Å². The minimum Gasteiger partial charge on any atom is -0.394 e. The van der Waals surface area contributed by atoms with E-state index in [-0.39, 0.29) is 6.61 Å². The average Bonchev–Trinajstić information content (AvgIpc) is 2.10. The van der Waals surface area contributed by atoms with E-state index in [1.807, 2.05) is 0 Å². The molecule has 0 atom stereocenters. The lowest BCUT2D eigenvalue weighted by Crippen LogP contribution is -2.05. The first-order chi connectivity index (χ1) is 5.91. The molecule has 0 amide bonds. The Morgan fingerprint density at radius 1 is 1.00 bits per heavy atom. The summed E-state index contributed by atoms with van der Waals surface area (Å²) < 4.78 is 10.1. The van der Waals surface area contributed by atoms with Gasteiger partial charge in [-0.05, 0) is 6.42 Å². The Bertz CT molecular complexity index is 66.2. The normalized spacial score (nSPS) is 10.5. The maximum absolute atomic E-state index is 8.36. The number of aliphatic hydroxyl groups excluding tert-OH is 1. The molecule has 0 unspecified atom stereocenters. The highest BCUT2D eigenvalue weighted by molar-refractivity contribution is 4.37. The van der Waals surface area contributed by atoms with Crippen LogP contribution >= 0.6 is 0 Å². The van der Waals surface area contributed by atoms with Crippen LogP contribution < -0.4 is 0 Å². The fourth-order valence-electron chi connectivity index (χ4n) is 0.872. The van der Waals surface area contributed by atoms with Gasteiger partial charge in [0.05, 0.1) is 13.2 Å². The largest absolute Gasteiger partial charge is 0.394 e. The van der Waals surface area contributed by atoms with Gasteiger partial charge in [0.2, 0.25) is 0 Å². The zero-order valence-electron chi connectivity index (χ0n) is 7.92. The molecule has 0 heterocycles. The smallest absolute Gasteiger partial charge is 0.146 e. The van der Waals surface area contributed by atoms with Crippen molar-refractivity contribution in [2.24, 2.45) is 0 Å². The highest BCUT2D eigenvalue weighted by Crippen LogP contribution is 1.98. The fourth-order valence-corrected chi connectivity index (χ4v) is 0.872. The standard InChI is InChI=1S/C9H20O3/c1-2-3-4-5-7-11-9-12-8-6-10/h10H,2-9H2,1H3. The zero-order valence-corrected chi connectivity index (χ0v) is 7.92. The summed E-state index contributed by atoms with van der Waals surface area (Å²) in [7, 11) is 0. The van der Waals surface area contributed by atoms with Crippen LogP contribution in [0.3, 0.4) is 0 Å². The van der Waals surface area contributed by atoms with Crippen molar-refractivity contribution in [1.82, 2.24) is 0 Å². The SMILES string of the molecule is CCCCCCOCOCCO. The number of rotatable bonds is 9. The van der Waals surface area contributed by atoms with Crippen molar-refractivity contribution in [2.45, 2.75) is 32.6 Å². The molecule has 0 aliphatic rings. The molecular formula is C9H20O3. The molecule has 0 spiro atoms. The lowest BCUT2D eigenvalue weighted by Gasteiger charge is -2.03. The summed E-state index contributed by atoms with van der Waals surface area (Å²) in [4.78, 5) is 0. The molecule has 0 saturated carbocycles. The van der Waals surface area contributed by atoms with Crippen LogP contribution in [0.4, 0.5) is 0 Å². The third-order valence-electron chi connectivity index (χ3n) is 1.54. The number of hydrogen-bond donors (Lipinski definition) is 1. The summed E-state index contributed by atoms with van der Waals surface area (Å²) in [5.74, 6) is 0. The summed E-state index contributed by atoms with van der Waals surface area (Å²) in [6.07, 6.45) is 4.87. The molecule has 0 radical (unpaired) electrons. The van der Waals surface area contributed by atoms with E-state index in [2.05, 4.69) is 6.92 Å². The van der Waals surface area contributed by atoms with Crippen molar-refractivity contribution in [3.8, 4) is 0 Å². The summed E-state index contributed by atoms with van der Waals surface area (Å²) in [6, 6.07) is 0. The Labute approximate surface area is 74.7 Å².